The van der Waals surface area contributed by atoms with Crippen LogP contribution in [0.5, 0.6) is 17.2 Å². The minimum absolute atomic E-state index is 0.0445. The van der Waals surface area contributed by atoms with Gasteiger partial charge in [-0.1, -0.05) is 33.4 Å². The van der Waals surface area contributed by atoms with Crippen LogP contribution in [-0.2, 0) is 6.54 Å². The quantitative estimate of drug-likeness (QED) is 0.461. The van der Waals surface area contributed by atoms with E-state index in [2.05, 4.69) is 10.5 Å². The number of nitrogens with zero attached hydrogens (tertiary/aromatic N) is 1. The summed E-state index contributed by atoms with van der Waals surface area (Å²) in [4.78, 5) is 11.8. The van der Waals surface area contributed by atoms with E-state index < -0.39 is 5.91 Å². The highest BCUT2D eigenvalue weighted by molar-refractivity contribution is 6.32. The zero-order valence-electron chi connectivity index (χ0n) is 14.5. The number of halogens is 2. The summed E-state index contributed by atoms with van der Waals surface area (Å²) in [5.74, 6) is -1.20. The Labute approximate surface area is 163 Å². The summed E-state index contributed by atoms with van der Waals surface area (Å²) in [5.41, 5.74) is 1.57. The number of hydrogen-bond acceptors (Lipinski definition) is 7. The molecule has 1 heterocycles. The van der Waals surface area contributed by atoms with Crippen LogP contribution in [0.1, 0.15) is 16.1 Å². The van der Waals surface area contributed by atoms with Crippen LogP contribution in [0, 0.1) is 0 Å². The number of ether oxygens (including phenoxy) is 1. The van der Waals surface area contributed by atoms with E-state index in [0.29, 0.717) is 5.75 Å². The Morgan fingerprint density at radius 3 is 2.61 bits per heavy atom. The average Bonchev–Trinajstić information content (AvgIpc) is 3.12. The second kappa shape index (κ2) is 8.05. The molecule has 0 aliphatic carbocycles. The lowest BCUT2D eigenvalue weighted by Crippen LogP contribution is -2.16. The van der Waals surface area contributed by atoms with Crippen LogP contribution < -0.4 is 15.6 Å². The van der Waals surface area contributed by atoms with E-state index in [0.717, 1.165) is 17.2 Å². The monoisotopic (exact) mass is 407 g/mol. The van der Waals surface area contributed by atoms with Gasteiger partial charge in [-0.15, -0.1) is 0 Å². The summed E-state index contributed by atoms with van der Waals surface area (Å²) >= 11 is 5.89. The molecule has 0 atom stereocenters. The number of phenolic OH excluding ortho intramolecular Hbond substituents is 2. The molecular formula is C18H15ClFN3O5. The smallest absolute Gasteiger partial charge is 0.303 e. The lowest BCUT2D eigenvalue weighted by Gasteiger charge is -2.10. The number of rotatable bonds is 6. The molecule has 3 rings (SSSR count). The number of phenols is 2. The van der Waals surface area contributed by atoms with Crippen molar-refractivity contribution >= 4 is 23.2 Å². The predicted molar refractivity (Wildman–Crippen MR) is 99.2 cm³/mol. The standard InChI is InChI=1S/C18H15ClFN3O5/c1-27-10-4-2-9(3-5-10)8-21-15-16(18(26)22-20)23-28-17(15)11-6-12(19)14(25)7-13(11)24/h2-7,21,24-25H,8H2,1H3,(H,22,26). The van der Waals surface area contributed by atoms with Crippen LogP contribution in [0.3, 0.4) is 0 Å². The lowest BCUT2D eigenvalue weighted by atomic mass is 10.1. The van der Waals surface area contributed by atoms with E-state index in [1.54, 1.807) is 31.4 Å². The molecule has 28 heavy (non-hydrogen) atoms. The molecule has 8 nitrogen and oxygen atoms in total. The number of hydrogen-bond donors (Lipinski definition) is 4. The van der Waals surface area contributed by atoms with Crippen LogP contribution in [0.2, 0.25) is 5.02 Å². The Balaban J connectivity index is 1.99. The zero-order valence-corrected chi connectivity index (χ0v) is 15.2. The summed E-state index contributed by atoms with van der Waals surface area (Å²) in [5, 5.41) is 26.2. The summed E-state index contributed by atoms with van der Waals surface area (Å²) in [6, 6.07) is 9.36. The fourth-order valence-electron chi connectivity index (χ4n) is 2.50. The first-order valence-electron chi connectivity index (χ1n) is 7.94. The Morgan fingerprint density at radius 1 is 1.25 bits per heavy atom. The summed E-state index contributed by atoms with van der Waals surface area (Å²) in [6.45, 7) is 0.233. The molecule has 2 aromatic carbocycles. The van der Waals surface area contributed by atoms with Crippen LogP contribution in [-0.4, -0.2) is 28.4 Å². The van der Waals surface area contributed by atoms with E-state index in [9.17, 15) is 19.5 Å². The molecule has 0 saturated heterocycles. The first kappa shape index (κ1) is 19.3. The van der Waals surface area contributed by atoms with Crippen molar-refractivity contribution in [1.82, 2.24) is 10.7 Å². The van der Waals surface area contributed by atoms with Gasteiger partial charge in [-0.25, -0.2) is 0 Å². The van der Waals surface area contributed by atoms with Gasteiger partial charge in [0.05, 0.1) is 17.7 Å². The van der Waals surface area contributed by atoms with Gasteiger partial charge in [-0.3, -0.25) is 4.79 Å². The molecule has 0 spiro atoms. The molecule has 146 valence electrons. The first-order valence-corrected chi connectivity index (χ1v) is 8.31. The van der Waals surface area contributed by atoms with Crippen molar-refractivity contribution in [2.45, 2.75) is 6.54 Å². The number of aromatic nitrogens is 1. The molecule has 0 fully saturated rings. The van der Waals surface area contributed by atoms with Gasteiger partial charge in [-0.2, -0.15) is 5.54 Å². The van der Waals surface area contributed by atoms with Gasteiger partial charge in [0.15, 0.2) is 11.5 Å². The third-order valence-electron chi connectivity index (χ3n) is 3.93. The van der Waals surface area contributed by atoms with Crippen molar-refractivity contribution in [3.05, 3.63) is 52.7 Å². The van der Waals surface area contributed by atoms with Crippen molar-refractivity contribution in [2.75, 3.05) is 12.4 Å². The maximum absolute atomic E-state index is 12.7. The highest BCUT2D eigenvalue weighted by Crippen LogP contribution is 2.41. The Kier molecular flexibility index (Phi) is 5.55. The SMILES string of the molecule is COc1ccc(CNc2c(C(=O)NF)noc2-c2cc(Cl)c(O)cc2O)cc1. The molecule has 0 unspecified atom stereocenters. The van der Waals surface area contributed by atoms with Gasteiger partial charge >= 0.3 is 5.91 Å². The van der Waals surface area contributed by atoms with Crippen LogP contribution in [0.15, 0.2) is 40.9 Å². The number of nitrogens with one attached hydrogen (secondary N) is 2. The third kappa shape index (κ3) is 3.79. The molecule has 1 amide bonds. The van der Waals surface area contributed by atoms with E-state index in [1.165, 1.54) is 6.07 Å². The number of methoxy groups -OCH3 is 1. The van der Waals surface area contributed by atoms with Gasteiger partial charge < -0.3 is 24.8 Å². The number of amides is 1. The fraction of sp³-hybridized carbons (Fsp3) is 0.111. The first-order chi connectivity index (χ1) is 13.4. The molecule has 10 heteroatoms. The van der Waals surface area contributed by atoms with Crippen molar-refractivity contribution in [3.8, 4) is 28.6 Å². The van der Waals surface area contributed by atoms with Crippen LogP contribution >= 0.6 is 11.6 Å². The van der Waals surface area contributed by atoms with E-state index in [1.807, 2.05) is 0 Å². The average molecular weight is 408 g/mol. The van der Waals surface area contributed by atoms with Crippen molar-refractivity contribution < 1.29 is 28.7 Å². The molecule has 0 aliphatic rings. The second-order valence-electron chi connectivity index (χ2n) is 5.68. The van der Waals surface area contributed by atoms with Gasteiger partial charge in [-0.05, 0) is 23.8 Å². The molecule has 0 radical (unpaired) electrons. The van der Waals surface area contributed by atoms with Gasteiger partial charge in [0, 0.05) is 12.6 Å². The maximum atomic E-state index is 12.7. The molecule has 0 bridgehead atoms. The molecule has 3 aromatic rings. The van der Waals surface area contributed by atoms with Crippen LogP contribution in [0.25, 0.3) is 11.3 Å². The predicted octanol–water partition coefficient (Wildman–Crippen LogP) is 3.64. The number of anilines is 1. The summed E-state index contributed by atoms with van der Waals surface area (Å²) < 4.78 is 22.9. The van der Waals surface area contributed by atoms with Crippen molar-refractivity contribution in [3.63, 3.8) is 0 Å². The minimum atomic E-state index is -1.13. The highest BCUT2D eigenvalue weighted by Gasteiger charge is 2.25. The molecule has 0 aliphatic heterocycles. The van der Waals surface area contributed by atoms with E-state index in [-0.39, 0.29) is 45.8 Å². The van der Waals surface area contributed by atoms with Crippen molar-refractivity contribution in [1.29, 1.82) is 0 Å². The van der Waals surface area contributed by atoms with E-state index >= 15 is 0 Å². The Morgan fingerprint density at radius 2 is 1.96 bits per heavy atom. The van der Waals surface area contributed by atoms with Gasteiger partial charge in [0.2, 0.25) is 0 Å². The van der Waals surface area contributed by atoms with Gasteiger partial charge in [0.1, 0.15) is 22.9 Å². The summed E-state index contributed by atoms with van der Waals surface area (Å²) in [7, 11) is 1.55. The molecule has 0 saturated carbocycles. The van der Waals surface area contributed by atoms with Gasteiger partial charge in [0.25, 0.3) is 0 Å². The Bertz CT molecular complexity index is 1010. The third-order valence-corrected chi connectivity index (χ3v) is 4.23. The number of carbonyl (C=O) groups is 1. The number of benzene rings is 2. The molecule has 4 N–H and O–H groups in total. The highest BCUT2D eigenvalue weighted by atomic mass is 35.5. The zero-order chi connectivity index (χ0) is 20.3. The molecule has 1 aromatic heterocycles. The largest absolute Gasteiger partial charge is 0.507 e. The van der Waals surface area contributed by atoms with Crippen LogP contribution in [0.4, 0.5) is 10.2 Å². The minimum Gasteiger partial charge on any atom is -0.507 e. The fourth-order valence-corrected chi connectivity index (χ4v) is 2.67. The number of carbonyl (C=O) groups excluding carboxylic acids is 1. The topological polar surface area (TPSA) is 117 Å². The molecular weight excluding hydrogens is 393 g/mol. The Hall–Kier alpha value is -3.46. The van der Waals surface area contributed by atoms with E-state index in [4.69, 9.17) is 20.9 Å². The normalized spacial score (nSPS) is 10.5. The number of aromatic hydroxyl groups is 2. The lowest BCUT2D eigenvalue weighted by molar-refractivity contribution is 0.0850. The summed E-state index contributed by atoms with van der Waals surface area (Å²) in [6.07, 6.45) is 0. The maximum Gasteiger partial charge on any atom is 0.303 e. The second-order valence-corrected chi connectivity index (χ2v) is 6.09. The van der Waals surface area contributed by atoms with Crippen molar-refractivity contribution in [2.24, 2.45) is 0 Å².